The van der Waals surface area contributed by atoms with Gasteiger partial charge in [0.2, 0.25) is 11.9 Å². The number of ether oxygens (including phenoxy) is 1. The van der Waals surface area contributed by atoms with E-state index in [1.165, 1.54) is 0 Å². The molecule has 1 unspecified atom stereocenters. The summed E-state index contributed by atoms with van der Waals surface area (Å²) in [7, 11) is 0. The van der Waals surface area contributed by atoms with Gasteiger partial charge in [0.05, 0.1) is 5.70 Å². The third kappa shape index (κ3) is 5.66. The zero-order valence-corrected chi connectivity index (χ0v) is 18.1. The van der Waals surface area contributed by atoms with E-state index in [-0.39, 0.29) is 17.8 Å². The van der Waals surface area contributed by atoms with Crippen molar-refractivity contribution in [2.75, 3.05) is 5.32 Å². The Morgan fingerprint density at radius 3 is 2.71 bits per heavy atom. The fourth-order valence-corrected chi connectivity index (χ4v) is 2.86. The first-order valence-corrected chi connectivity index (χ1v) is 10.2. The van der Waals surface area contributed by atoms with Gasteiger partial charge in [-0.05, 0) is 49.8 Å². The SMILES string of the molecule is C=C/C=C(/c1ccc(OCc2cccnc2)cc1)n1nc(NC(=O)C(C)CC)nc1C. The third-order valence-electron chi connectivity index (χ3n) is 4.85. The predicted molar refractivity (Wildman–Crippen MR) is 121 cm³/mol. The molecule has 1 amide bonds. The van der Waals surface area contributed by atoms with E-state index in [1.807, 2.05) is 63.2 Å². The lowest BCUT2D eigenvalue weighted by Crippen LogP contribution is -2.20. The second-order valence-electron chi connectivity index (χ2n) is 7.15. The first kappa shape index (κ1) is 22.0. The van der Waals surface area contributed by atoms with Crippen LogP contribution in [0.5, 0.6) is 5.75 Å². The lowest BCUT2D eigenvalue weighted by molar-refractivity contribution is -0.119. The summed E-state index contributed by atoms with van der Waals surface area (Å²) in [6.07, 6.45) is 7.82. The standard InChI is InChI=1S/C24H27N5O2/c1-5-8-22(29-18(4)26-24(28-29)27-23(30)17(3)6-2)20-10-12-21(13-11-20)31-16-19-9-7-14-25-15-19/h5,7-15,17H,1,6,16H2,2-4H3,(H,27,28,30)/b22-8-. The van der Waals surface area contributed by atoms with Crippen LogP contribution < -0.4 is 10.1 Å². The van der Waals surface area contributed by atoms with Crippen molar-refractivity contribution < 1.29 is 9.53 Å². The smallest absolute Gasteiger partial charge is 0.249 e. The number of nitrogens with zero attached hydrogens (tertiary/aromatic N) is 4. The maximum absolute atomic E-state index is 12.2. The molecule has 3 rings (SSSR count). The van der Waals surface area contributed by atoms with E-state index >= 15 is 0 Å². The normalized spacial score (nSPS) is 12.3. The second-order valence-corrected chi connectivity index (χ2v) is 7.15. The fourth-order valence-electron chi connectivity index (χ4n) is 2.86. The largest absolute Gasteiger partial charge is 0.489 e. The molecule has 0 aliphatic heterocycles. The predicted octanol–water partition coefficient (Wildman–Crippen LogP) is 4.62. The Morgan fingerprint density at radius 2 is 2.06 bits per heavy atom. The number of benzene rings is 1. The number of pyridine rings is 1. The van der Waals surface area contributed by atoms with Crippen LogP contribution in [0.3, 0.4) is 0 Å². The molecule has 0 saturated carbocycles. The number of amides is 1. The molecule has 2 heterocycles. The molecule has 0 spiro atoms. The van der Waals surface area contributed by atoms with E-state index in [2.05, 4.69) is 27.0 Å². The summed E-state index contributed by atoms with van der Waals surface area (Å²) in [5.74, 6) is 1.50. The van der Waals surface area contributed by atoms with E-state index in [1.54, 1.807) is 23.2 Å². The molecular weight excluding hydrogens is 390 g/mol. The number of nitrogens with one attached hydrogen (secondary N) is 1. The number of rotatable bonds is 9. The Balaban J connectivity index is 1.77. The quantitative estimate of drug-likeness (QED) is 0.514. The zero-order chi connectivity index (χ0) is 22.2. The minimum absolute atomic E-state index is 0.0935. The molecule has 1 aromatic carbocycles. The van der Waals surface area contributed by atoms with Crippen molar-refractivity contribution in [1.29, 1.82) is 0 Å². The van der Waals surface area contributed by atoms with Gasteiger partial charge in [-0.25, -0.2) is 4.68 Å². The van der Waals surface area contributed by atoms with Gasteiger partial charge in [-0.15, -0.1) is 5.10 Å². The summed E-state index contributed by atoms with van der Waals surface area (Å²) in [5.41, 5.74) is 2.72. The summed E-state index contributed by atoms with van der Waals surface area (Å²) in [5, 5.41) is 7.26. The van der Waals surface area contributed by atoms with Gasteiger partial charge in [0.1, 0.15) is 18.2 Å². The first-order valence-electron chi connectivity index (χ1n) is 10.2. The minimum atomic E-state index is -0.102. The number of allylic oxidation sites excluding steroid dienone is 2. The van der Waals surface area contributed by atoms with E-state index < -0.39 is 0 Å². The molecule has 1 atom stereocenters. The zero-order valence-electron chi connectivity index (χ0n) is 18.1. The first-order chi connectivity index (χ1) is 15.0. The lowest BCUT2D eigenvalue weighted by atomic mass is 10.1. The van der Waals surface area contributed by atoms with Crippen molar-refractivity contribution in [2.24, 2.45) is 5.92 Å². The number of carbonyl (C=O) groups excluding carboxylic acids is 1. The van der Waals surface area contributed by atoms with Gasteiger partial charge in [-0.3, -0.25) is 15.1 Å². The summed E-state index contributed by atoms with van der Waals surface area (Å²) >= 11 is 0. The summed E-state index contributed by atoms with van der Waals surface area (Å²) in [4.78, 5) is 20.7. The van der Waals surface area contributed by atoms with Crippen LogP contribution in [0.1, 0.15) is 37.2 Å². The number of aromatic nitrogens is 4. The van der Waals surface area contributed by atoms with Crippen molar-refractivity contribution in [3.8, 4) is 5.75 Å². The Hall–Kier alpha value is -3.74. The highest BCUT2D eigenvalue weighted by molar-refractivity contribution is 5.90. The molecule has 0 fully saturated rings. The summed E-state index contributed by atoms with van der Waals surface area (Å²) in [6.45, 7) is 9.95. The lowest BCUT2D eigenvalue weighted by Gasteiger charge is -2.11. The van der Waals surface area contributed by atoms with E-state index in [0.717, 1.165) is 29.0 Å². The third-order valence-corrected chi connectivity index (χ3v) is 4.85. The van der Waals surface area contributed by atoms with Gasteiger partial charge in [0.15, 0.2) is 0 Å². The molecule has 1 N–H and O–H groups in total. The number of anilines is 1. The van der Waals surface area contributed by atoms with Gasteiger partial charge in [-0.1, -0.05) is 32.6 Å². The highest BCUT2D eigenvalue weighted by Crippen LogP contribution is 2.23. The average Bonchev–Trinajstić information content (AvgIpc) is 3.16. The number of carbonyl (C=O) groups is 1. The highest BCUT2D eigenvalue weighted by atomic mass is 16.5. The van der Waals surface area contributed by atoms with Crippen molar-refractivity contribution in [3.05, 3.63) is 84.5 Å². The van der Waals surface area contributed by atoms with Crippen molar-refractivity contribution in [1.82, 2.24) is 19.7 Å². The minimum Gasteiger partial charge on any atom is -0.489 e. The summed E-state index contributed by atoms with van der Waals surface area (Å²) < 4.78 is 7.53. The Bertz CT molecular complexity index is 1060. The maximum Gasteiger partial charge on any atom is 0.249 e. The molecule has 3 aromatic rings. The van der Waals surface area contributed by atoms with Gasteiger partial charge in [0, 0.05) is 29.4 Å². The number of aryl methyl sites for hydroxylation is 1. The van der Waals surface area contributed by atoms with E-state index in [4.69, 9.17) is 4.74 Å². The van der Waals surface area contributed by atoms with Crippen molar-refractivity contribution in [2.45, 2.75) is 33.8 Å². The van der Waals surface area contributed by atoms with Crippen molar-refractivity contribution >= 4 is 17.6 Å². The summed E-state index contributed by atoms with van der Waals surface area (Å²) in [6, 6.07) is 11.6. The monoisotopic (exact) mass is 417 g/mol. The molecule has 160 valence electrons. The molecule has 0 aliphatic rings. The topological polar surface area (TPSA) is 81.9 Å². The van der Waals surface area contributed by atoms with Crippen LogP contribution in [0.15, 0.2) is 67.5 Å². The molecular formula is C24H27N5O2. The average molecular weight is 418 g/mol. The Morgan fingerprint density at radius 1 is 1.29 bits per heavy atom. The van der Waals surface area contributed by atoms with Crippen LogP contribution in [0.2, 0.25) is 0 Å². The fraction of sp³-hybridized carbons (Fsp3) is 0.250. The molecule has 0 aliphatic carbocycles. The van der Waals surface area contributed by atoms with Gasteiger partial charge in [-0.2, -0.15) is 4.98 Å². The molecule has 31 heavy (non-hydrogen) atoms. The van der Waals surface area contributed by atoms with Crippen LogP contribution in [-0.2, 0) is 11.4 Å². The van der Waals surface area contributed by atoms with Crippen LogP contribution in [0.4, 0.5) is 5.95 Å². The maximum atomic E-state index is 12.2. The van der Waals surface area contributed by atoms with E-state index in [0.29, 0.717) is 12.4 Å². The number of hydrogen-bond donors (Lipinski definition) is 1. The van der Waals surface area contributed by atoms with Crippen molar-refractivity contribution in [3.63, 3.8) is 0 Å². The van der Waals surface area contributed by atoms with Gasteiger partial charge in [0.25, 0.3) is 0 Å². The molecule has 7 heteroatoms. The van der Waals surface area contributed by atoms with Crippen LogP contribution in [0, 0.1) is 12.8 Å². The molecule has 7 nitrogen and oxygen atoms in total. The molecule has 0 saturated heterocycles. The molecule has 2 aromatic heterocycles. The van der Waals surface area contributed by atoms with Gasteiger partial charge >= 0.3 is 0 Å². The van der Waals surface area contributed by atoms with Crippen LogP contribution >= 0.6 is 0 Å². The Kier molecular flexibility index (Phi) is 7.32. The van der Waals surface area contributed by atoms with Crippen LogP contribution in [-0.4, -0.2) is 25.7 Å². The molecule has 0 radical (unpaired) electrons. The van der Waals surface area contributed by atoms with Crippen LogP contribution in [0.25, 0.3) is 5.70 Å². The molecule has 0 bridgehead atoms. The van der Waals surface area contributed by atoms with E-state index in [9.17, 15) is 4.79 Å². The Labute approximate surface area is 182 Å². The number of hydrogen-bond acceptors (Lipinski definition) is 5. The highest BCUT2D eigenvalue weighted by Gasteiger charge is 2.16. The second kappa shape index (κ2) is 10.3. The van der Waals surface area contributed by atoms with Gasteiger partial charge < -0.3 is 4.74 Å².